The third-order valence-electron chi connectivity index (χ3n) is 5.73. The Morgan fingerprint density at radius 2 is 1.87 bits per heavy atom. The molecule has 0 aliphatic carbocycles. The average Bonchev–Trinajstić information content (AvgIpc) is 3.08. The molecule has 1 spiro atoms. The summed E-state index contributed by atoms with van der Waals surface area (Å²) in [5.41, 5.74) is 3.44. The standard InChI is InChI=1S/C23H27ClO6S/c1-12(2)30-16-5-3-13(4-6-16)7-14-8-17-15(9-18(14)24)11-29-23(17)22(28)21(27)20(26)19(10-25)31-23/h3-6,8-9,12,19-22,25-28H,7,10-11H2,1-2H3/t19-,20-,21+,22-,23+/m1/s1. The second kappa shape index (κ2) is 8.90. The molecule has 31 heavy (non-hydrogen) atoms. The zero-order chi connectivity index (χ0) is 22.3. The van der Waals surface area contributed by atoms with E-state index in [9.17, 15) is 20.4 Å². The predicted octanol–water partition coefficient (Wildman–Crippen LogP) is 2.59. The van der Waals surface area contributed by atoms with Gasteiger partial charge in [0.15, 0.2) is 4.93 Å². The number of thioether (sulfide) groups is 1. The lowest BCUT2D eigenvalue weighted by Crippen LogP contribution is -2.58. The fraction of sp³-hybridized carbons (Fsp3) is 0.478. The molecular formula is C23H27ClO6S. The lowest BCUT2D eigenvalue weighted by Gasteiger charge is -2.45. The van der Waals surface area contributed by atoms with Gasteiger partial charge in [-0.25, -0.2) is 0 Å². The fourth-order valence-electron chi connectivity index (χ4n) is 4.16. The molecule has 2 aliphatic heterocycles. The molecule has 0 radical (unpaired) electrons. The molecule has 168 valence electrons. The van der Waals surface area contributed by atoms with E-state index in [1.54, 1.807) is 0 Å². The van der Waals surface area contributed by atoms with Gasteiger partial charge in [-0.15, -0.1) is 11.8 Å². The molecule has 8 heteroatoms. The summed E-state index contributed by atoms with van der Waals surface area (Å²) in [6.45, 7) is 3.83. The van der Waals surface area contributed by atoms with Crippen LogP contribution in [-0.2, 0) is 22.7 Å². The fourth-order valence-corrected chi connectivity index (χ4v) is 5.96. The van der Waals surface area contributed by atoms with Crippen LogP contribution < -0.4 is 4.74 Å². The smallest absolute Gasteiger partial charge is 0.168 e. The number of aliphatic hydroxyl groups excluding tert-OH is 4. The zero-order valence-corrected chi connectivity index (χ0v) is 18.9. The normalized spacial score (nSPS) is 30.1. The third-order valence-corrected chi connectivity index (χ3v) is 7.74. The first kappa shape index (κ1) is 22.9. The molecule has 0 unspecified atom stereocenters. The van der Waals surface area contributed by atoms with Gasteiger partial charge in [0.05, 0.1) is 30.7 Å². The molecule has 6 nitrogen and oxygen atoms in total. The molecular weight excluding hydrogens is 440 g/mol. The zero-order valence-electron chi connectivity index (χ0n) is 17.4. The van der Waals surface area contributed by atoms with Crippen LogP contribution in [-0.4, -0.2) is 56.7 Å². The molecule has 2 aromatic carbocycles. The number of rotatable bonds is 5. The molecule has 0 saturated carbocycles. The Bertz CT molecular complexity index is 934. The lowest BCUT2D eigenvalue weighted by atomic mass is 9.91. The van der Waals surface area contributed by atoms with E-state index in [1.807, 2.05) is 50.2 Å². The van der Waals surface area contributed by atoms with Gasteiger partial charge in [-0.05, 0) is 61.2 Å². The summed E-state index contributed by atoms with van der Waals surface area (Å²) in [4.78, 5) is -1.27. The highest BCUT2D eigenvalue weighted by atomic mass is 35.5. The van der Waals surface area contributed by atoms with Gasteiger partial charge < -0.3 is 29.9 Å². The second-order valence-corrected chi connectivity index (χ2v) is 10.2. The minimum atomic E-state index is -1.43. The van der Waals surface area contributed by atoms with E-state index >= 15 is 0 Å². The quantitative estimate of drug-likeness (QED) is 0.537. The lowest BCUT2D eigenvalue weighted by molar-refractivity contribution is -0.147. The third kappa shape index (κ3) is 4.20. The van der Waals surface area contributed by atoms with Crippen molar-refractivity contribution >= 4 is 23.4 Å². The molecule has 1 fully saturated rings. The number of hydrogen-bond donors (Lipinski definition) is 4. The molecule has 2 heterocycles. The van der Waals surface area contributed by atoms with Crippen LogP contribution in [0.3, 0.4) is 0 Å². The highest BCUT2D eigenvalue weighted by molar-refractivity contribution is 8.00. The van der Waals surface area contributed by atoms with E-state index in [-0.39, 0.29) is 19.3 Å². The van der Waals surface area contributed by atoms with Gasteiger partial charge in [0.1, 0.15) is 18.0 Å². The van der Waals surface area contributed by atoms with E-state index in [1.165, 1.54) is 0 Å². The van der Waals surface area contributed by atoms with Gasteiger partial charge in [0, 0.05) is 10.6 Å². The van der Waals surface area contributed by atoms with Gasteiger partial charge in [-0.2, -0.15) is 0 Å². The van der Waals surface area contributed by atoms with E-state index in [0.29, 0.717) is 17.0 Å². The van der Waals surface area contributed by atoms with E-state index in [2.05, 4.69) is 0 Å². The molecule has 4 rings (SSSR count). The van der Waals surface area contributed by atoms with Crippen LogP contribution in [0.2, 0.25) is 5.02 Å². The molecule has 0 bridgehead atoms. The Hall–Kier alpha value is -1.32. The maximum absolute atomic E-state index is 10.8. The van der Waals surface area contributed by atoms with Crippen LogP contribution >= 0.6 is 23.4 Å². The summed E-state index contributed by atoms with van der Waals surface area (Å²) in [6, 6.07) is 11.5. The minimum Gasteiger partial charge on any atom is -0.491 e. The summed E-state index contributed by atoms with van der Waals surface area (Å²) >= 11 is 7.69. The Kier molecular flexibility index (Phi) is 6.57. The van der Waals surface area contributed by atoms with Crippen molar-refractivity contribution in [2.75, 3.05) is 6.61 Å². The first-order valence-corrected chi connectivity index (χ1v) is 11.5. The Morgan fingerprint density at radius 1 is 1.16 bits per heavy atom. The molecule has 5 atom stereocenters. The maximum atomic E-state index is 10.8. The van der Waals surface area contributed by atoms with Crippen LogP contribution in [0.5, 0.6) is 5.75 Å². The van der Waals surface area contributed by atoms with Crippen LogP contribution in [0.1, 0.15) is 36.1 Å². The number of fused-ring (bicyclic) bond motifs is 2. The Balaban J connectivity index is 1.65. The van der Waals surface area contributed by atoms with Crippen molar-refractivity contribution in [3.8, 4) is 5.75 Å². The van der Waals surface area contributed by atoms with Gasteiger partial charge in [0.25, 0.3) is 0 Å². The number of ether oxygens (including phenoxy) is 2. The van der Waals surface area contributed by atoms with Crippen molar-refractivity contribution < 1.29 is 29.9 Å². The van der Waals surface area contributed by atoms with Gasteiger partial charge in [0.2, 0.25) is 0 Å². The number of aliphatic hydroxyl groups is 4. The van der Waals surface area contributed by atoms with Crippen LogP contribution in [0.15, 0.2) is 36.4 Å². The molecule has 2 aliphatic rings. The Morgan fingerprint density at radius 3 is 2.52 bits per heavy atom. The van der Waals surface area contributed by atoms with E-state index < -0.39 is 28.5 Å². The van der Waals surface area contributed by atoms with Crippen molar-refractivity contribution in [2.45, 2.75) is 61.5 Å². The summed E-state index contributed by atoms with van der Waals surface area (Å²) < 4.78 is 11.7. The van der Waals surface area contributed by atoms with Crippen LogP contribution in [0.4, 0.5) is 0 Å². The van der Waals surface area contributed by atoms with E-state index in [0.717, 1.165) is 34.2 Å². The number of hydrogen-bond acceptors (Lipinski definition) is 7. The van der Waals surface area contributed by atoms with E-state index in [4.69, 9.17) is 21.1 Å². The highest BCUT2D eigenvalue weighted by Crippen LogP contribution is 2.54. The summed E-state index contributed by atoms with van der Waals surface area (Å²) in [5, 5.41) is 41.0. The number of halogens is 1. The SMILES string of the molecule is CC(C)Oc1ccc(Cc2cc3c(cc2Cl)CO[C@]32S[C@H](CO)[C@@H](O)[C@H](O)[C@H]2O)cc1. The molecule has 2 aromatic rings. The highest BCUT2D eigenvalue weighted by Gasteiger charge is 2.57. The van der Waals surface area contributed by atoms with Crippen molar-refractivity contribution in [3.05, 3.63) is 63.7 Å². The monoisotopic (exact) mass is 466 g/mol. The average molecular weight is 467 g/mol. The van der Waals surface area contributed by atoms with Crippen molar-refractivity contribution in [1.29, 1.82) is 0 Å². The van der Waals surface area contributed by atoms with Crippen molar-refractivity contribution in [1.82, 2.24) is 0 Å². The van der Waals surface area contributed by atoms with Crippen molar-refractivity contribution in [2.24, 2.45) is 0 Å². The molecule has 0 amide bonds. The van der Waals surface area contributed by atoms with Gasteiger partial charge in [-0.1, -0.05) is 23.7 Å². The summed E-state index contributed by atoms with van der Waals surface area (Å²) in [5.74, 6) is 0.801. The first-order valence-electron chi connectivity index (χ1n) is 10.3. The van der Waals surface area contributed by atoms with Gasteiger partial charge in [-0.3, -0.25) is 0 Å². The predicted molar refractivity (Wildman–Crippen MR) is 119 cm³/mol. The molecule has 4 N–H and O–H groups in total. The number of benzene rings is 2. The molecule has 1 saturated heterocycles. The van der Waals surface area contributed by atoms with Crippen LogP contribution in [0.25, 0.3) is 0 Å². The Labute approximate surface area is 190 Å². The largest absolute Gasteiger partial charge is 0.491 e. The van der Waals surface area contributed by atoms with Crippen molar-refractivity contribution in [3.63, 3.8) is 0 Å². The maximum Gasteiger partial charge on any atom is 0.168 e. The second-order valence-electron chi connectivity index (χ2n) is 8.31. The summed E-state index contributed by atoms with van der Waals surface area (Å²) in [6.07, 6.45) is -3.36. The van der Waals surface area contributed by atoms with Crippen LogP contribution in [0, 0.1) is 0 Å². The van der Waals surface area contributed by atoms with Gasteiger partial charge >= 0.3 is 0 Å². The summed E-state index contributed by atoms with van der Waals surface area (Å²) in [7, 11) is 0. The topological polar surface area (TPSA) is 99.4 Å². The molecule has 0 aromatic heterocycles. The minimum absolute atomic E-state index is 0.101. The first-order chi connectivity index (χ1) is 14.7.